The van der Waals surface area contributed by atoms with Crippen molar-refractivity contribution < 1.29 is 4.74 Å². The molecule has 0 aromatic carbocycles. The molecule has 1 heterocycles. The lowest BCUT2D eigenvalue weighted by molar-refractivity contribution is 0.208. The lowest BCUT2D eigenvalue weighted by atomic mass is 9.90. The molecule has 0 unspecified atom stereocenters. The molecule has 0 spiro atoms. The number of pyridine rings is 1. The first kappa shape index (κ1) is 15.3. The third-order valence-corrected chi connectivity index (χ3v) is 3.80. The Morgan fingerprint density at radius 1 is 1.25 bits per heavy atom. The van der Waals surface area contributed by atoms with E-state index in [0.717, 1.165) is 30.5 Å². The van der Waals surface area contributed by atoms with Crippen LogP contribution in [0.2, 0.25) is 0 Å². The largest absolute Gasteiger partial charge is 0.493 e. The molecule has 0 bridgehead atoms. The van der Waals surface area contributed by atoms with Crippen molar-refractivity contribution in [2.75, 3.05) is 6.61 Å². The SMILES string of the molecule is CC(C)(C)NCc1cc(OCC2CCCCC2)ccn1. The Bertz CT molecular complexity index is 406. The fourth-order valence-electron chi connectivity index (χ4n) is 2.57. The highest BCUT2D eigenvalue weighted by Gasteiger charge is 2.14. The Hall–Kier alpha value is -1.09. The molecule has 0 atom stereocenters. The van der Waals surface area contributed by atoms with Crippen LogP contribution in [-0.4, -0.2) is 17.1 Å². The highest BCUT2D eigenvalue weighted by Crippen LogP contribution is 2.24. The van der Waals surface area contributed by atoms with Crippen molar-refractivity contribution in [1.29, 1.82) is 0 Å². The molecule has 20 heavy (non-hydrogen) atoms. The summed E-state index contributed by atoms with van der Waals surface area (Å²) in [6.07, 6.45) is 8.62. The average Bonchev–Trinajstić information content (AvgIpc) is 2.44. The topological polar surface area (TPSA) is 34.1 Å². The quantitative estimate of drug-likeness (QED) is 0.885. The van der Waals surface area contributed by atoms with Crippen LogP contribution in [0.4, 0.5) is 0 Å². The molecular formula is C17H28N2O. The van der Waals surface area contributed by atoms with Gasteiger partial charge in [0.05, 0.1) is 12.3 Å². The molecule has 3 nitrogen and oxygen atoms in total. The summed E-state index contributed by atoms with van der Waals surface area (Å²) in [4.78, 5) is 4.39. The summed E-state index contributed by atoms with van der Waals surface area (Å²) in [5, 5.41) is 3.45. The van der Waals surface area contributed by atoms with Crippen molar-refractivity contribution in [3.05, 3.63) is 24.0 Å². The lowest BCUT2D eigenvalue weighted by Gasteiger charge is -2.22. The summed E-state index contributed by atoms with van der Waals surface area (Å²) in [6, 6.07) is 4.02. The van der Waals surface area contributed by atoms with Gasteiger partial charge in [0, 0.05) is 24.3 Å². The van der Waals surface area contributed by atoms with Crippen molar-refractivity contribution in [1.82, 2.24) is 10.3 Å². The molecule has 0 radical (unpaired) electrons. The highest BCUT2D eigenvalue weighted by atomic mass is 16.5. The lowest BCUT2D eigenvalue weighted by Crippen LogP contribution is -2.35. The smallest absolute Gasteiger partial charge is 0.122 e. The number of nitrogens with zero attached hydrogens (tertiary/aromatic N) is 1. The summed E-state index contributed by atoms with van der Waals surface area (Å²) in [5.41, 5.74) is 1.15. The van der Waals surface area contributed by atoms with Crippen LogP contribution < -0.4 is 10.1 Å². The Balaban J connectivity index is 1.82. The van der Waals surface area contributed by atoms with E-state index < -0.39 is 0 Å². The van der Waals surface area contributed by atoms with Crippen LogP contribution in [-0.2, 0) is 6.54 Å². The van der Waals surface area contributed by atoms with E-state index in [1.54, 1.807) is 0 Å². The van der Waals surface area contributed by atoms with Gasteiger partial charge in [-0.2, -0.15) is 0 Å². The van der Waals surface area contributed by atoms with E-state index in [1.165, 1.54) is 32.1 Å². The van der Waals surface area contributed by atoms with Gasteiger partial charge in [0.25, 0.3) is 0 Å². The van der Waals surface area contributed by atoms with Crippen molar-refractivity contribution in [3.8, 4) is 5.75 Å². The first-order valence-corrected chi connectivity index (χ1v) is 7.86. The van der Waals surface area contributed by atoms with E-state index in [9.17, 15) is 0 Å². The maximum Gasteiger partial charge on any atom is 0.122 e. The Morgan fingerprint density at radius 2 is 2.00 bits per heavy atom. The minimum Gasteiger partial charge on any atom is -0.493 e. The zero-order chi connectivity index (χ0) is 14.4. The van der Waals surface area contributed by atoms with Gasteiger partial charge in [-0.15, -0.1) is 0 Å². The molecule has 1 aromatic heterocycles. The predicted molar refractivity (Wildman–Crippen MR) is 82.9 cm³/mol. The van der Waals surface area contributed by atoms with Gasteiger partial charge in [0.15, 0.2) is 0 Å². The summed E-state index contributed by atoms with van der Waals surface area (Å²) in [6.45, 7) is 8.13. The minimum absolute atomic E-state index is 0.112. The van der Waals surface area contributed by atoms with Crippen LogP contribution in [0.25, 0.3) is 0 Å². The molecule has 112 valence electrons. The predicted octanol–water partition coefficient (Wildman–Crippen LogP) is 3.93. The summed E-state index contributed by atoms with van der Waals surface area (Å²) in [7, 11) is 0. The molecule has 1 N–H and O–H groups in total. The van der Waals surface area contributed by atoms with Gasteiger partial charge < -0.3 is 10.1 Å². The van der Waals surface area contributed by atoms with Gasteiger partial charge in [-0.25, -0.2) is 0 Å². The van der Waals surface area contributed by atoms with Crippen LogP contribution >= 0.6 is 0 Å². The molecule has 1 saturated carbocycles. The van der Waals surface area contributed by atoms with Gasteiger partial charge in [-0.05, 0) is 45.6 Å². The second-order valence-electron chi connectivity index (χ2n) is 6.90. The van der Waals surface area contributed by atoms with E-state index in [2.05, 4.69) is 37.1 Å². The van der Waals surface area contributed by atoms with Gasteiger partial charge >= 0.3 is 0 Å². The van der Waals surface area contributed by atoms with E-state index in [4.69, 9.17) is 4.74 Å². The monoisotopic (exact) mass is 276 g/mol. The fraction of sp³-hybridized carbons (Fsp3) is 0.706. The van der Waals surface area contributed by atoms with Crippen molar-refractivity contribution >= 4 is 0 Å². The number of rotatable bonds is 5. The number of aromatic nitrogens is 1. The molecule has 2 rings (SSSR count). The maximum absolute atomic E-state index is 5.95. The van der Waals surface area contributed by atoms with Gasteiger partial charge in [0.1, 0.15) is 5.75 Å². The minimum atomic E-state index is 0.112. The Morgan fingerprint density at radius 3 is 2.70 bits per heavy atom. The second kappa shape index (κ2) is 7.07. The summed E-state index contributed by atoms with van der Waals surface area (Å²) < 4.78 is 5.95. The van der Waals surface area contributed by atoms with Crippen LogP contribution in [0, 0.1) is 5.92 Å². The molecule has 0 saturated heterocycles. The Labute approximate surface area is 123 Å². The second-order valence-corrected chi connectivity index (χ2v) is 6.90. The number of hydrogen-bond donors (Lipinski definition) is 1. The number of nitrogens with one attached hydrogen (secondary N) is 1. The maximum atomic E-state index is 5.95. The number of hydrogen-bond acceptors (Lipinski definition) is 3. The standard InChI is InChI=1S/C17H28N2O/c1-17(2,3)19-12-15-11-16(9-10-18-15)20-13-14-7-5-4-6-8-14/h9-11,14,19H,4-8,12-13H2,1-3H3. The summed E-state index contributed by atoms with van der Waals surface area (Å²) in [5.74, 6) is 1.70. The fourth-order valence-corrected chi connectivity index (χ4v) is 2.57. The van der Waals surface area contributed by atoms with Crippen LogP contribution in [0.15, 0.2) is 18.3 Å². The van der Waals surface area contributed by atoms with Crippen LogP contribution in [0.1, 0.15) is 58.6 Å². The van der Waals surface area contributed by atoms with Gasteiger partial charge in [-0.3, -0.25) is 4.98 Å². The van der Waals surface area contributed by atoms with E-state index >= 15 is 0 Å². The summed E-state index contributed by atoms with van der Waals surface area (Å²) >= 11 is 0. The molecule has 0 aliphatic heterocycles. The van der Waals surface area contributed by atoms with Gasteiger partial charge in [-0.1, -0.05) is 19.3 Å². The third kappa shape index (κ3) is 5.49. The van der Waals surface area contributed by atoms with E-state index in [0.29, 0.717) is 0 Å². The van der Waals surface area contributed by atoms with Gasteiger partial charge in [0.2, 0.25) is 0 Å². The van der Waals surface area contributed by atoms with Crippen LogP contribution in [0.5, 0.6) is 5.75 Å². The van der Waals surface area contributed by atoms with E-state index in [1.807, 2.05) is 12.3 Å². The zero-order valence-electron chi connectivity index (χ0n) is 13.1. The first-order valence-electron chi connectivity index (χ1n) is 7.86. The molecule has 0 amide bonds. The molecule has 1 fully saturated rings. The molecule has 1 aromatic rings. The number of ether oxygens (including phenoxy) is 1. The van der Waals surface area contributed by atoms with Crippen molar-refractivity contribution in [3.63, 3.8) is 0 Å². The molecule has 3 heteroatoms. The third-order valence-electron chi connectivity index (χ3n) is 3.80. The first-order chi connectivity index (χ1) is 9.53. The van der Waals surface area contributed by atoms with Crippen molar-refractivity contribution in [2.24, 2.45) is 5.92 Å². The average molecular weight is 276 g/mol. The van der Waals surface area contributed by atoms with Crippen LogP contribution in [0.3, 0.4) is 0 Å². The Kier molecular flexibility index (Phi) is 5.41. The highest BCUT2D eigenvalue weighted by molar-refractivity contribution is 5.22. The molecule has 1 aliphatic rings. The zero-order valence-corrected chi connectivity index (χ0v) is 13.1. The normalized spacial score (nSPS) is 17.1. The molecular weight excluding hydrogens is 248 g/mol. The molecule has 1 aliphatic carbocycles. The van der Waals surface area contributed by atoms with E-state index in [-0.39, 0.29) is 5.54 Å². The van der Waals surface area contributed by atoms with Crippen molar-refractivity contribution in [2.45, 2.75) is 65.0 Å².